The second kappa shape index (κ2) is 6.86. The van der Waals surface area contributed by atoms with Gasteiger partial charge in [0.25, 0.3) is 0 Å². The van der Waals surface area contributed by atoms with E-state index in [2.05, 4.69) is 15.9 Å². The maximum absolute atomic E-state index is 13.1. The van der Waals surface area contributed by atoms with Crippen LogP contribution in [0.25, 0.3) is 0 Å². The Kier molecular flexibility index (Phi) is 6.63. The molecule has 0 N–H and O–H groups in total. The van der Waals surface area contributed by atoms with Gasteiger partial charge in [0.2, 0.25) is 0 Å². The second-order valence-corrected chi connectivity index (χ2v) is 5.30. The summed E-state index contributed by atoms with van der Waals surface area (Å²) in [5.74, 6) is -51.5. The number of alkyl halides is 16. The van der Waals surface area contributed by atoms with Crippen LogP contribution < -0.4 is 0 Å². The summed E-state index contributed by atoms with van der Waals surface area (Å²) in [7, 11) is 0. The molecule has 0 unspecified atom stereocenters. The van der Waals surface area contributed by atoms with Gasteiger partial charge in [0, 0.05) is 5.33 Å². The molecule has 0 radical (unpaired) electrons. The van der Waals surface area contributed by atoms with Crippen LogP contribution in [0, 0.1) is 0 Å². The van der Waals surface area contributed by atoms with Crippen molar-refractivity contribution in [3.63, 3.8) is 0 Å². The fourth-order valence-corrected chi connectivity index (χ4v) is 1.60. The van der Waals surface area contributed by atoms with E-state index >= 15 is 0 Å². The van der Waals surface area contributed by atoms with Crippen molar-refractivity contribution in [1.82, 2.24) is 0 Å². The van der Waals surface area contributed by atoms with E-state index in [4.69, 9.17) is 0 Å². The van der Waals surface area contributed by atoms with E-state index in [9.17, 15) is 70.2 Å². The molecule has 0 aliphatic heterocycles. The number of allylic oxidation sites excluding steroid dienone is 2. The van der Waals surface area contributed by atoms with Crippen LogP contribution in [0.4, 0.5) is 70.2 Å². The topological polar surface area (TPSA) is 0 Å². The van der Waals surface area contributed by atoms with Gasteiger partial charge in [-0.05, 0) is 6.08 Å². The van der Waals surface area contributed by atoms with E-state index in [1.54, 1.807) is 0 Å². The SMILES string of the molecule is F/C(=C\CBr)C(F)(F)C(F)(F)C(F)(F)C(F)(F)C(F)(F)C(F)(F)C(F)(F)F. The highest BCUT2D eigenvalue weighted by molar-refractivity contribution is 9.09. The normalized spacial score (nSPS) is 16.7. The van der Waals surface area contributed by atoms with Gasteiger partial charge in [-0.3, -0.25) is 0 Å². The highest BCUT2D eigenvalue weighted by Crippen LogP contribution is 2.63. The molecule has 0 aliphatic rings. The molecule has 0 aromatic heterocycles. The van der Waals surface area contributed by atoms with Gasteiger partial charge in [-0.15, -0.1) is 0 Å². The summed E-state index contributed by atoms with van der Waals surface area (Å²) in [6, 6.07) is 0. The van der Waals surface area contributed by atoms with Crippen LogP contribution >= 0.6 is 15.9 Å². The van der Waals surface area contributed by atoms with Crippen molar-refractivity contribution in [1.29, 1.82) is 0 Å². The summed E-state index contributed by atoms with van der Waals surface area (Å²) in [5, 5.41) is -1.12. The lowest BCUT2D eigenvalue weighted by Crippen LogP contribution is -2.72. The highest BCUT2D eigenvalue weighted by Gasteiger charge is 2.93. The molecular weight excluding hydrogens is 504 g/mol. The molecule has 0 aromatic rings. The van der Waals surface area contributed by atoms with E-state index < -0.39 is 58.9 Å². The molecule has 0 atom stereocenters. The summed E-state index contributed by atoms with van der Waals surface area (Å²) in [5.41, 5.74) is 0. The summed E-state index contributed by atoms with van der Waals surface area (Å²) in [6.07, 6.45) is -8.32. The lowest BCUT2D eigenvalue weighted by molar-refractivity contribution is -0.450. The Morgan fingerprint density at radius 3 is 1.15 bits per heavy atom. The zero-order chi connectivity index (χ0) is 22.5. The molecule has 0 fully saturated rings. The summed E-state index contributed by atoms with van der Waals surface area (Å²) in [4.78, 5) is 0. The molecule has 0 bridgehead atoms. The van der Waals surface area contributed by atoms with E-state index in [-0.39, 0.29) is 0 Å². The number of halogens is 17. The Hall–Kier alpha value is -0.900. The maximum atomic E-state index is 13.1. The van der Waals surface area contributed by atoms with Crippen LogP contribution in [0.1, 0.15) is 0 Å². The predicted molar refractivity (Wildman–Crippen MR) is 58.7 cm³/mol. The summed E-state index contributed by atoms with van der Waals surface area (Å²) < 4.78 is 204. The van der Waals surface area contributed by atoms with Crippen LogP contribution in [0.15, 0.2) is 11.9 Å². The molecule has 0 aromatic carbocycles. The molecule has 162 valence electrons. The van der Waals surface area contributed by atoms with Crippen LogP contribution in [0.5, 0.6) is 0 Å². The highest BCUT2D eigenvalue weighted by atomic mass is 79.9. The first kappa shape index (κ1) is 26.1. The first-order chi connectivity index (χ1) is 11.5. The van der Waals surface area contributed by atoms with Gasteiger partial charge in [0.1, 0.15) is 0 Å². The van der Waals surface area contributed by atoms with E-state index in [0.717, 1.165) is 0 Å². The molecule has 0 heterocycles. The van der Waals surface area contributed by atoms with Crippen molar-refractivity contribution in [3.8, 4) is 0 Å². The lowest BCUT2D eigenvalue weighted by Gasteiger charge is -2.41. The zero-order valence-corrected chi connectivity index (χ0v) is 13.3. The molecule has 17 heteroatoms. The van der Waals surface area contributed by atoms with Gasteiger partial charge >= 0.3 is 41.7 Å². The molecule has 0 saturated carbocycles. The van der Waals surface area contributed by atoms with Gasteiger partial charge in [-0.1, -0.05) is 15.9 Å². The van der Waals surface area contributed by atoms with E-state index in [0.29, 0.717) is 0 Å². The van der Waals surface area contributed by atoms with Crippen LogP contribution in [0.2, 0.25) is 0 Å². The van der Waals surface area contributed by atoms with Crippen molar-refractivity contribution < 1.29 is 70.2 Å². The molecular formula is C10H3BrF16. The number of hydrogen-bond donors (Lipinski definition) is 0. The fraction of sp³-hybridized carbons (Fsp3) is 0.800. The van der Waals surface area contributed by atoms with Crippen LogP contribution in [-0.2, 0) is 0 Å². The smallest absolute Gasteiger partial charge is 0.205 e. The molecule has 27 heavy (non-hydrogen) atoms. The minimum Gasteiger partial charge on any atom is -0.205 e. The number of rotatable bonds is 7. The lowest BCUT2D eigenvalue weighted by atomic mass is 9.90. The summed E-state index contributed by atoms with van der Waals surface area (Å²) in [6.45, 7) is 0. The predicted octanol–water partition coefficient (Wildman–Crippen LogP) is 6.61. The Labute approximate surface area is 146 Å². The van der Waals surface area contributed by atoms with Gasteiger partial charge < -0.3 is 0 Å². The number of hydrogen-bond acceptors (Lipinski definition) is 0. The monoisotopic (exact) mass is 506 g/mol. The van der Waals surface area contributed by atoms with E-state index in [1.165, 1.54) is 0 Å². The molecule has 0 rings (SSSR count). The standard InChI is InChI=1S/C10H3BrF16/c11-2-1-3(12)4(13,14)5(15,16)6(17,18)7(19,20)8(21,22)9(23,24)10(25,26)27/h1H,2H2/b3-1-. The molecule has 0 spiro atoms. The Morgan fingerprint density at radius 2 is 0.852 bits per heavy atom. The maximum Gasteiger partial charge on any atom is 0.460 e. The third-order valence-corrected chi connectivity index (χ3v) is 3.21. The minimum atomic E-state index is -8.42. The van der Waals surface area contributed by atoms with Crippen molar-refractivity contribution in [2.24, 2.45) is 0 Å². The third kappa shape index (κ3) is 3.47. The van der Waals surface area contributed by atoms with Crippen molar-refractivity contribution in [2.45, 2.75) is 41.7 Å². The van der Waals surface area contributed by atoms with Gasteiger partial charge in [0.15, 0.2) is 5.83 Å². The molecule has 0 amide bonds. The zero-order valence-electron chi connectivity index (χ0n) is 11.7. The van der Waals surface area contributed by atoms with Gasteiger partial charge in [0.05, 0.1) is 0 Å². The first-order valence-electron chi connectivity index (χ1n) is 5.74. The van der Waals surface area contributed by atoms with Gasteiger partial charge in [-0.25, -0.2) is 4.39 Å². The van der Waals surface area contributed by atoms with Crippen LogP contribution in [0.3, 0.4) is 0 Å². The first-order valence-corrected chi connectivity index (χ1v) is 6.86. The molecule has 0 aliphatic carbocycles. The largest absolute Gasteiger partial charge is 0.460 e. The second-order valence-electron chi connectivity index (χ2n) is 4.65. The quantitative estimate of drug-likeness (QED) is 0.269. The van der Waals surface area contributed by atoms with Crippen LogP contribution in [-0.4, -0.2) is 47.0 Å². The summed E-state index contributed by atoms with van der Waals surface area (Å²) >= 11 is 2.10. The van der Waals surface area contributed by atoms with E-state index in [1.807, 2.05) is 0 Å². The Balaban J connectivity index is 6.60. The van der Waals surface area contributed by atoms with Crippen molar-refractivity contribution in [2.75, 3.05) is 5.33 Å². The van der Waals surface area contributed by atoms with Crippen molar-refractivity contribution >= 4 is 15.9 Å². The van der Waals surface area contributed by atoms with Crippen molar-refractivity contribution in [3.05, 3.63) is 11.9 Å². The van der Waals surface area contributed by atoms with Gasteiger partial charge in [-0.2, -0.15) is 65.9 Å². The minimum absolute atomic E-state index is 0.648. The Morgan fingerprint density at radius 1 is 0.556 bits per heavy atom. The molecule has 0 saturated heterocycles. The fourth-order valence-electron chi connectivity index (χ4n) is 1.31. The third-order valence-electron chi connectivity index (χ3n) is 2.88. The molecule has 0 nitrogen and oxygen atoms in total. The average Bonchev–Trinajstić information content (AvgIpc) is 2.45. The Bertz CT molecular complexity index is 570. The average molecular weight is 507 g/mol.